The van der Waals surface area contributed by atoms with E-state index in [9.17, 15) is 65.9 Å². The molecule has 6 rings (SSSR count). The predicted octanol–water partition coefficient (Wildman–Crippen LogP) is -0.559. The fraction of sp³-hybridized carbons (Fsp3) is 0.525. The molecule has 94 heavy (non-hydrogen) atoms. The second-order valence-electron chi connectivity index (χ2n) is 21.8. The van der Waals surface area contributed by atoms with Gasteiger partial charge in [-0.25, -0.2) is 4.98 Å². The van der Waals surface area contributed by atoms with Gasteiger partial charge in [-0.3, -0.25) is 57.7 Å². The Morgan fingerprint density at radius 3 is 1.99 bits per heavy atom. The Bertz CT molecular complexity index is 3620. The summed E-state index contributed by atoms with van der Waals surface area (Å²) in [5.74, 6) is -16.6. The molecule has 4 heterocycles. The fourth-order valence-corrected chi connectivity index (χ4v) is 9.97. The van der Waals surface area contributed by atoms with Crippen molar-refractivity contribution < 1.29 is 94.9 Å². The van der Waals surface area contributed by atoms with E-state index in [1.807, 2.05) is 0 Å². The number of nitrogens with two attached hydrogens (primary N) is 2. The molecule has 2 saturated heterocycles. The van der Waals surface area contributed by atoms with E-state index in [-0.39, 0.29) is 87.8 Å². The third-order valence-electron chi connectivity index (χ3n) is 14.3. The van der Waals surface area contributed by atoms with Gasteiger partial charge in [0.2, 0.25) is 59.1 Å². The number of rotatable bonds is 32. The predicted molar refractivity (Wildman–Crippen MR) is 336 cm³/mol. The number of guanidine groups is 1. The molecule has 0 spiro atoms. The minimum atomic E-state index is -4.53. The minimum absolute atomic E-state index is 0.0475. The molecule has 0 saturated carbocycles. The Balaban J connectivity index is 0.00000313. The van der Waals surface area contributed by atoms with E-state index in [0.717, 1.165) is 4.90 Å². The number of hydrogen-bond donors (Lipinski definition) is 16. The molecule has 3 unspecified atom stereocenters. The number of halogens is 3. The number of alkyl halides is 3. The Hall–Kier alpha value is -9.82. The number of carbonyl (C=O) groups excluding carboxylic acids is 10. The molecule has 33 heteroatoms. The summed E-state index contributed by atoms with van der Waals surface area (Å²) >= 11 is 0. The van der Waals surface area contributed by atoms with Crippen molar-refractivity contribution in [3.8, 4) is 5.75 Å². The highest BCUT2D eigenvalue weighted by Gasteiger charge is 2.40. The van der Waals surface area contributed by atoms with Crippen LogP contribution >= 0.6 is 0 Å². The molecule has 9 atom stereocenters. The number of fused-ring (bicyclic) bond motifs is 1. The first kappa shape index (κ1) is 61.7. The number of phenolic OH excluding ortho intramolecular Hbond substituents is 1. The SMILES string of the molecule is FC(F)F.O=CO.[2H]C([2H])([2H])C([2H])(C([2H])([2H])[2H])C([2H])([2H])C([2H])(NC(=O)[C@H](CC(C)C)NC(=O)[C@@H](Cc1ccc(O)cc1)NC(=O)[C@H](CO)NC(=O)[C@H](Cc1c[nH]c2ccccc12)NC(=O)[C@H](Cc1cnc[nH]1)NC(=O)C1CCC(=O)N1)C(=O)NC(CCCN=C(N)N)C(=O)N1CCC[C@@H]1C(=O)NCC. The van der Waals surface area contributed by atoms with Gasteiger partial charge < -0.3 is 89.5 Å². The van der Waals surface area contributed by atoms with Crippen LogP contribution < -0.4 is 59.3 Å². The zero-order valence-electron chi connectivity index (χ0n) is 61.6. The lowest BCUT2D eigenvalue weighted by Crippen LogP contribution is -2.61. The normalized spacial score (nSPS) is 18.8. The number of benzene rings is 2. The summed E-state index contributed by atoms with van der Waals surface area (Å²) in [5, 5.41) is 50.1. The summed E-state index contributed by atoms with van der Waals surface area (Å²) in [6.07, 6.45) is -1.58. The number of nitrogens with one attached hydrogen (secondary N) is 11. The number of H-pyrrole nitrogens is 2. The standard InChI is InChI=1S/C59H84N16O12.CHF3.CH2O2/c1-6-63-57(86)48-14-10-22-75(48)58(87)41(13-9-21-64-59(60)61)68-51(80)42(23-32(2)3)69-52(81)43(24-33(4)5)70-53(82)44(25-34-15-17-37(77)18-16-34)71-56(85)47(30-76)74-54(83)45(26-35-28-65-39-12-8-7-11-38(35)39)72-55(84)46(27-36-29-62-31-66-36)73-50(79)40-19-20-49(78)67-40;2-1(3)4;2-1-3/h7-8,11-12,15-18,28-29,31-33,40-48,65,76-77H,6,9-10,13-14,19-27,30H2,1-5H3,(H,62,66)(H,63,86)(H,67,78)(H,68,80)(H,69,81)(H,70,82)(H,71,85)(H,72,84)(H,73,79)(H,74,83)(H4,60,61,64);1H;1H,(H,2,3)/t40?,41?,42?,43-,44+,45-,46-,47-,48+;;/m0../s1/i2D3,3D3,23D2,32D,42D;;. The molecule has 10 amide bonds. The first-order valence-corrected chi connectivity index (χ1v) is 29.6. The van der Waals surface area contributed by atoms with Gasteiger partial charge in [0.05, 0.1) is 14.3 Å². The maximum absolute atomic E-state index is 15.1. The van der Waals surface area contributed by atoms with Crippen LogP contribution in [0, 0.1) is 11.8 Å². The van der Waals surface area contributed by atoms with Crippen molar-refractivity contribution in [1.29, 1.82) is 0 Å². The number of nitrogens with zero attached hydrogens (tertiary/aromatic N) is 3. The van der Waals surface area contributed by atoms with Crippen molar-refractivity contribution in [3.63, 3.8) is 0 Å². The highest BCUT2D eigenvalue weighted by Crippen LogP contribution is 2.22. The van der Waals surface area contributed by atoms with Gasteiger partial charge in [-0.2, -0.15) is 13.2 Å². The Morgan fingerprint density at radius 2 is 1.40 bits per heavy atom. The molecule has 2 aromatic carbocycles. The van der Waals surface area contributed by atoms with Gasteiger partial charge in [-0.15, -0.1) is 0 Å². The van der Waals surface area contributed by atoms with E-state index in [1.165, 1.54) is 50.6 Å². The van der Waals surface area contributed by atoms with E-state index < -0.39 is 172 Å². The third kappa shape index (κ3) is 25.3. The summed E-state index contributed by atoms with van der Waals surface area (Å²) in [6.45, 7) is -8.93. The number of aliphatic imine (C=N–C) groups is 1. The smallest absolute Gasteiger partial charge is 0.379 e. The second kappa shape index (κ2) is 38.9. The van der Waals surface area contributed by atoms with Crippen molar-refractivity contribution >= 4 is 82.4 Å². The highest BCUT2D eigenvalue weighted by molar-refractivity contribution is 5.99. The van der Waals surface area contributed by atoms with Gasteiger partial charge in [0.1, 0.15) is 60.1 Å². The number of aliphatic hydroxyl groups is 1. The first-order valence-electron chi connectivity index (χ1n) is 34.6. The first-order chi connectivity index (χ1) is 48.6. The molecule has 18 N–H and O–H groups in total. The number of aromatic hydroxyl groups is 1. The number of imidazole rings is 1. The van der Waals surface area contributed by atoms with E-state index >= 15 is 9.59 Å². The number of carboxylic acid groups (broad SMARTS) is 1. The van der Waals surface area contributed by atoms with Crippen LogP contribution in [0.15, 0.2) is 72.2 Å². The Morgan fingerprint density at radius 1 is 0.809 bits per heavy atom. The van der Waals surface area contributed by atoms with Crippen LogP contribution in [0.3, 0.4) is 0 Å². The van der Waals surface area contributed by atoms with Crippen molar-refractivity contribution in [2.24, 2.45) is 28.3 Å². The second-order valence-corrected chi connectivity index (χ2v) is 21.8. The molecule has 30 nitrogen and oxygen atoms in total. The number of likely N-dealkylation sites (tertiary alicyclic amines) is 1. The molecule has 0 radical (unpaired) electrons. The lowest BCUT2D eigenvalue weighted by Gasteiger charge is -2.31. The van der Waals surface area contributed by atoms with Crippen LogP contribution in [-0.4, -0.2) is 194 Å². The molecule has 0 aliphatic carbocycles. The third-order valence-corrected chi connectivity index (χ3v) is 14.3. The van der Waals surface area contributed by atoms with Crippen LogP contribution in [0.1, 0.15) is 116 Å². The Kier molecular flexibility index (Phi) is 25.5. The van der Waals surface area contributed by atoms with Gasteiger partial charge in [0.25, 0.3) is 6.47 Å². The molecule has 2 aliphatic rings. The number of phenols is 1. The molecule has 2 aromatic heterocycles. The monoisotopic (exact) mass is 1330 g/mol. The number of likely N-dealkylation sites (N-methyl/N-ethyl adjacent to an activating group) is 1. The zero-order chi connectivity index (χ0) is 78.2. The molecule has 516 valence electrons. The summed E-state index contributed by atoms with van der Waals surface area (Å²) in [5.41, 5.74) is 12.7. The lowest BCUT2D eigenvalue weighted by atomic mass is 9.98. The van der Waals surface area contributed by atoms with Gasteiger partial charge >= 0.3 is 6.68 Å². The molecule has 0 bridgehead atoms. The number of aromatic amines is 2. The van der Waals surface area contributed by atoms with Crippen LogP contribution in [0.25, 0.3) is 10.9 Å². The maximum Gasteiger partial charge on any atom is 0.379 e. The van der Waals surface area contributed by atoms with Crippen molar-refractivity contribution in [1.82, 2.24) is 67.7 Å². The largest absolute Gasteiger partial charge is 0.508 e. The summed E-state index contributed by atoms with van der Waals surface area (Å²) in [6, 6.07) is -4.93. The van der Waals surface area contributed by atoms with Crippen LogP contribution in [0.2, 0.25) is 0 Å². The maximum atomic E-state index is 15.1. The van der Waals surface area contributed by atoms with E-state index in [4.69, 9.17) is 31.0 Å². The summed E-state index contributed by atoms with van der Waals surface area (Å²) in [7, 11) is 0. The highest BCUT2D eigenvalue weighted by atomic mass is 19.4. The number of para-hydroxylation sites is 1. The van der Waals surface area contributed by atoms with Crippen LogP contribution in [-0.2, 0) is 72.0 Å². The van der Waals surface area contributed by atoms with Gasteiger partial charge in [0, 0.05) is 86.6 Å². The topological polar surface area (TPSA) is 469 Å². The molecule has 2 fully saturated rings. The van der Waals surface area contributed by atoms with Crippen LogP contribution in [0.4, 0.5) is 13.2 Å². The average molecular weight is 1340 g/mol. The van der Waals surface area contributed by atoms with E-state index in [1.54, 1.807) is 42.7 Å². The fourth-order valence-electron chi connectivity index (χ4n) is 9.97. The van der Waals surface area contributed by atoms with Crippen molar-refractivity contribution in [2.45, 2.75) is 166 Å². The van der Waals surface area contributed by atoms with Crippen LogP contribution in [0.5, 0.6) is 5.75 Å². The summed E-state index contributed by atoms with van der Waals surface area (Å²) in [4.78, 5) is 165. The average Bonchev–Trinajstić information content (AvgIpc) is 0.861. The zero-order valence-corrected chi connectivity index (χ0v) is 51.6. The number of amides is 10. The minimum Gasteiger partial charge on any atom is -0.508 e. The summed E-state index contributed by atoms with van der Waals surface area (Å²) < 4.78 is 116. The molecular weight excluding hydrogens is 1240 g/mol. The molecule has 4 aromatic rings. The molecule has 2 aliphatic heterocycles. The number of carbonyl (C=O) groups is 11. The van der Waals surface area contributed by atoms with Gasteiger partial charge in [-0.1, -0.05) is 57.9 Å². The van der Waals surface area contributed by atoms with Gasteiger partial charge in [-0.05, 0) is 93.0 Å². The lowest BCUT2D eigenvalue weighted by molar-refractivity contribution is -0.142. The number of hydrogen-bond acceptors (Lipinski definition) is 15. The van der Waals surface area contributed by atoms with Gasteiger partial charge in [0.15, 0.2) is 5.96 Å². The van der Waals surface area contributed by atoms with Crippen molar-refractivity contribution in [2.75, 3.05) is 26.2 Å². The number of aromatic nitrogens is 3. The Labute approximate surface area is 554 Å². The van der Waals surface area contributed by atoms with E-state index in [2.05, 4.69) is 62.5 Å². The molecular formula is C61H87F3N16O14. The number of aliphatic hydroxyl groups excluding tert-OH is 1. The van der Waals surface area contributed by atoms with E-state index in [0.29, 0.717) is 28.6 Å². The quantitative estimate of drug-likeness (QED) is 0.0126. The van der Waals surface area contributed by atoms with Crippen molar-refractivity contribution in [3.05, 3.63) is 84.1 Å².